The Balaban J connectivity index is 1.90. The minimum absolute atomic E-state index is 0.262. The molecule has 1 aliphatic rings. The number of nitrogens with one attached hydrogen (secondary N) is 1. The van der Waals surface area contributed by atoms with Crippen LogP contribution in [0.15, 0.2) is 52.3 Å². The zero-order valence-corrected chi connectivity index (χ0v) is 15.8. The van der Waals surface area contributed by atoms with Gasteiger partial charge in [-0.05, 0) is 11.6 Å². The van der Waals surface area contributed by atoms with Crippen molar-refractivity contribution in [2.45, 2.75) is 6.42 Å². The summed E-state index contributed by atoms with van der Waals surface area (Å²) < 4.78 is 13.6. The Morgan fingerprint density at radius 3 is 2.39 bits per heavy atom. The molecule has 4 rings (SSSR count). The number of nitrogens with zero attached hydrogens (tertiary/aromatic N) is 3. The van der Waals surface area contributed by atoms with E-state index in [0.717, 1.165) is 11.3 Å². The first-order valence-corrected chi connectivity index (χ1v) is 8.68. The number of rotatable bonds is 5. The van der Waals surface area contributed by atoms with Crippen molar-refractivity contribution in [3.8, 4) is 17.2 Å². The lowest BCUT2D eigenvalue weighted by atomic mass is 10.1. The number of aliphatic imine (C=N–C) groups is 1. The van der Waals surface area contributed by atoms with Crippen molar-refractivity contribution in [1.82, 2.24) is 9.36 Å². The monoisotopic (exact) mass is 380 g/mol. The van der Waals surface area contributed by atoms with Gasteiger partial charge in [-0.15, -0.1) is 0 Å². The fourth-order valence-corrected chi connectivity index (χ4v) is 3.48. The SMILES string of the molecule is COc1cc(OC)cc(-n2c(=O)c(C3=Nc4ccccc4C3)c(NO)n2C)c1. The molecule has 0 bridgehead atoms. The first kappa shape index (κ1) is 17.9. The molecule has 0 aliphatic carbocycles. The summed E-state index contributed by atoms with van der Waals surface area (Å²) in [5, 5.41) is 9.74. The van der Waals surface area contributed by atoms with E-state index in [1.807, 2.05) is 24.3 Å². The van der Waals surface area contributed by atoms with E-state index < -0.39 is 0 Å². The van der Waals surface area contributed by atoms with Crippen LogP contribution in [0.5, 0.6) is 11.5 Å². The topological polar surface area (TPSA) is 90.0 Å². The quantitative estimate of drug-likeness (QED) is 0.664. The molecular formula is C20H20N4O4. The fraction of sp³-hybridized carbons (Fsp3) is 0.200. The molecule has 0 atom stereocenters. The Kier molecular flexibility index (Phi) is 4.40. The van der Waals surface area contributed by atoms with E-state index in [9.17, 15) is 10.0 Å². The minimum atomic E-state index is -0.305. The van der Waals surface area contributed by atoms with Gasteiger partial charge < -0.3 is 9.47 Å². The number of aromatic nitrogens is 2. The Morgan fingerprint density at radius 2 is 1.79 bits per heavy atom. The van der Waals surface area contributed by atoms with Crippen LogP contribution in [0.25, 0.3) is 5.69 Å². The lowest BCUT2D eigenvalue weighted by Gasteiger charge is -2.12. The molecule has 8 nitrogen and oxygen atoms in total. The summed E-state index contributed by atoms with van der Waals surface area (Å²) in [7, 11) is 4.77. The molecule has 0 radical (unpaired) electrons. The summed E-state index contributed by atoms with van der Waals surface area (Å²) in [5.41, 5.74) is 5.19. The molecule has 0 saturated carbocycles. The molecule has 0 saturated heterocycles. The number of methoxy groups -OCH3 is 2. The zero-order chi connectivity index (χ0) is 19.8. The van der Waals surface area contributed by atoms with Gasteiger partial charge in [-0.25, -0.2) is 4.68 Å². The maximum absolute atomic E-state index is 13.3. The van der Waals surface area contributed by atoms with Crippen LogP contribution in [0.2, 0.25) is 0 Å². The van der Waals surface area contributed by atoms with Crippen LogP contribution in [-0.4, -0.2) is 34.5 Å². The second-order valence-corrected chi connectivity index (χ2v) is 6.41. The highest BCUT2D eigenvalue weighted by atomic mass is 16.5. The Hall–Kier alpha value is -3.52. The van der Waals surface area contributed by atoms with E-state index in [2.05, 4.69) is 10.5 Å². The average Bonchev–Trinajstić information content (AvgIpc) is 3.24. The van der Waals surface area contributed by atoms with Gasteiger partial charge in [0.15, 0.2) is 5.82 Å². The summed E-state index contributed by atoms with van der Waals surface area (Å²) in [6, 6.07) is 12.9. The van der Waals surface area contributed by atoms with Gasteiger partial charge in [-0.3, -0.25) is 25.2 Å². The number of fused-ring (bicyclic) bond motifs is 1. The second kappa shape index (κ2) is 6.90. The molecule has 0 amide bonds. The van der Waals surface area contributed by atoms with Gasteiger partial charge in [0.05, 0.1) is 31.3 Å². The number of ether oxygens (including phenoxy) is 2. The first-order valence-electron chi connectivity index (χ1n) is 8.68. The van der Waals surface area contributed by atoms with Gasteiger partial charge in [0.25, 0.3) is 5.56 Å². The van der Waals surface area contributed by atoms with Crippen molar-refractivity contribution in [3.05, 3.63) is 63.9 Å². The normalized spacial score (nSPS) is 12.5. The average molecular weight is 380 g/mol. The van der Waals surface area contributed by atoms with E-state index >= 15 is 0 Å². The molecule has 1 aliphatic heterocycles. The van der Waals surface area contributed by atoms with Crippen molar-refractivity contribution in [3.63, 3.8) is 0 Å². The highest BCUT2D eigenvalue weighted by Crippen LogP contribution is 2.31. The second-order valence-electron chi connectivity index (χ2n) is 6.41. The minimum Gasteiger partial charge on any atom is -0.497 e. The van der Waals surface area contributed by atoms with Crippen LogP contribution < -0.4 is 20.5 Å². The fourth-order valence-electron chi connectivity index (χ4n) is 3.48. The Labute approximate surface area is 161 Å². The predicted molar refractivity (Wildman–Crippen MR) is 106 cm³/mol. The molecule has 144 valence electrons. The highest BCUT2D eigenvalue weighted by Gasteiger charge is 2.27. The van der Waals surface area contributed by atoms with Gasteiger partial charge in [-0.2, -0.15) is 0 Å². The van der Waals surface area contributed by atoms with Gasteiger partial charge in [0.2, 0.25) is 0 Å². The van der Waals surface area contributed by atoms with Crippen molar-refractivity contribution < 1.29 is 14.7 Å². The molecule has 0 unspecified atom stereocenters. The van der Waals surface area contributed by atoms with Gasteiger partial charge >= 0.3 is 0 Å². The number of anilines is 1. The first-order chi connectivity index (χ1) is 13.6. The summed E-state index contributed by atoms with van der Waals surface area (Å²) in [6.45, 7) is 0. The van der Waals surface area contributed by atoms with E-state index in [0.29, 0.717) is 34.9 Å². The van der Waals surface area contributed by atoms with E-state index in [1.54, 1.807) is 39.5 Å². The van der Waals surface area contributed by atoms with Crippen LogP contribution in [-0.2, 0) is 13.5 Å². The number of hydrogen-bond donors (Lipinski definition) is 2. The zero-order valence-electron chi connectivity index (χ0n) is 15.8. The van der Waals surface area contributed by atoms with Crippen LogP contribution >= 0.6 is 0 Å². The smallest absolute Gasteiger partial charge is 0.282 e. The Bertz CT molecular complexity index is 1120. The lowest BCUT2D eigenvalue weighted by molar-refractivity contribution is 0.379. The molecular weight excluding hydrogens is 360 g/mol. The molecule has 2 heterocycles. The molecule has 2 aromatic carbocycles. The number of para-hydroxylation sites is 1. The van der Waals surface area contributed by atoms with Crippen LogP contribution in [0.3, 0.4) is 0 Å². The van der Waals surface area contributed by atoms with Gasteiger partial charge in [0.1, 0.15) is 17.1 Å². The molecule has 8 heteroatoms. The summed E-state index contributed by atoms with van der Waals surface area (Å²) in [5.74, 6) is 1.36. The third-order valence-electron chi connectivity index (χ3n) is 4.85. The molecule has 3 aromatic rings. The van der Waals surface area contributed by atoms with Gasteiger partial charge in [0, 0.05) is 31.7 Å². The summed E-state index contributed by atoms with van der Waals surface area (Å²) in [4.78, 5) is 17.9. The lowest BCUT2D eigenvalue weighted by Crippen LogP contribution is -2.23. The summed E-state index contributed by atoms with van der Waals surface area (Å²) in [6.07, 6.45) is 0.519. The largest absolute Gasteiger partial charge is 0.497 e. The standard InChI is InChI=1S/C20H20N4O4/c1-23-19(22-26)18(17-8-12-6-4-5-7-16(12)21-17)20(25)24(23)13-9-14(27-2)11-15(10-13)28-3/h4-7,9-11,22,26H,8H2,1-3H3. The maximum Gasteiger partial charge on any atom is 0.282 e. The molecule has 2 N–H and O–H groups in total. The predicted octanol–water partition coefficient (Wildman–Crippen LogP) is 2.67. The van der Waals surface area contributed by atoms with Crippen LogP contribution in [0.4, 0.5) is 11.5 Å². The van der Waals surface area contributed by atoms with E-state index in [-0.39, 0.29) is 11.4 Å². The Morgan fingerprint density at radius 1 is 1.11 bits per heavy atom. The van der Waals surface area contributed by atoms with Crippen molar-refractivity contribution in [1.29, 1.82) is 0 Å². The molecule has 1 aromatic heterocycles. The van der Waals surface area contributed by atoms with Crippen LogP contribution in [0, 0.1) is 0 Å². The summed E-state index contributed by atoms with van der Waals surface area (Å²) >= 11 is 0. The van der Waals surface area contributed by atoms with E-state index in [1.165, 1.54) is 9.36 Å². The third kappa shape index (κ3) is 2.74. The molecule has 0 spiro atoms. The van der Waals surface area contributed by atoms with Crippen LogP contribution in [0.1, 0.15) is 11.1 Å². The number of benzene rings is 2. The third-order valence-corrected chi connectivity index (χ3v) is 4.85. The van der Waals surface area contributed by atoms with Crippen molar-refractivity contribution >= 4 is 17.2 Å². The highest BCUT2D eigenvalue weighted by molar-refractivity contribution is 6.09. The number of hydrogen-bond acceptors (Lipinski definition) is 6. The van der Waals surface area contributed by atoms with E-state index in [4.69, 9.17) is 9.47 Å². The maximum atomic E-state index is 13.3. The van der Waals surface area contributed by atoms with Crippen molar-refractivity contribution in [2.75, 3.05) is 19.7 Å². The van der Waals surface area contributed by atoms with Crippen molar-refractivity contribution in [2.24, 2.45) is 12.0 Å². The molecule has 28 heavy (non-hydrogen) atoms. The van der Waals surface area contributed by atoms with Gasteiger partial charge in [-0.1, -0.05) is 18.2 Å². The molecule has 0 fully saturated rings.